The van der Waals surface area contributed by atoms with Crippen LogP contribution in [0.25, 0.3) is 0 Å². The zero-order valence-electron chi connectivity index (χ0n) is 10.0. The molecule has 0 radical (unpaired) electrons. The largest absolute Gasteiger partial charge is 0.449 e. The smallest absolute Gasteiger partial charge is 0.274 e. The van der Waals surface area contributed by atoms with Gasteiger partial charge >= 0.3 is 24.3 Å². The minimum atomic E-state index is -5.92. The molecule has 1 nitrogen and oxygen atoms in total. The maximum absolute atomic E-state index is 13.7. The van der Waals surface area contributed by atoms with E-state index in [1.165, 1.54) is 0 Å². The molecular weight excluding hydrogens is 295 g/mol. The van der Waals surface area contributed by atoms with Crippen LogP contribution in [0.3, 0.4) is 0 Å². The Balaban J connectivity index is 5.38. The van der Waals surface area contributed by atoms with E-state index in [0.29, 0.717) is 20.8 Å². The van der Waals surface area contributed by atoms with Crippen LogP contribution in [0.15, 0.2) is 0 Å². The van der Waals surface area contributed by atoms with Crippen molar-refractivity contribution in [3.8, 4) is 0 Å². The van der Waals surface area contributed by atoms with Crippen LogP contribution in [0.4, 0.5) is 39.5 Å². The van der Waals surface area contributed by atoms with Gasteiger partial charge in [-0.25, -0.2) is 4.39 Å². The second kappa shape index (κ2) is 4.71. The normalized spacial score (nSPS) is 18.3. The lowest BCUT2D eigenvalue weighted by Crippen LogP contribution is -2.56. The molecule has 0 saturated carbocycles. The molecule has 0 bridgehead atoms. The first kappa shape index (κ1) is 18.3. The predicted molar refractivity (Wildman–Crippen MR) is 46.1 cm³/mol. The van der Waals surface area contributed by atoms with Gasteiger partial charge in [0.05, 0.1) is 0 Å². The van der Waals surface area contributed by atoms with Gasteiger partial charge in [0.15, 0.2) is 0 Å². The van der Waals surface area contributed by atoms with Gasteiger partial charge in [0, 0.05) is 5.41 Å². The van der Waals surface area contributed by atoms with E-state index < -0.39 is 36.2 Å². The molecule has 0 aromatic rings. The van der Waals surface area contributed by atoms with E-state index in [1.807, 2.05) is 0 Å². The standard InChI is InChI=1S/C9H11F9O/c1-5(2,3)8(15,9(16,17)18)19-7(13,14)4-6(10,11)12/h4H2,1-3H3. The maximum Gasteiger partial charge on any atom is 0.449 e. The maximum atomic E-state index is 13.7. The van der Waals surface area contributed by atoms with Gasteiger partial charge in [0.2, 0.25) is 0 Å². The Kier molecular flexibility index (Phi) is 4.54. The number of hydrogen-bond acceptors (Lipinski definition) is 1. The molecule has 0 rings (SSSR count). The van der Waals surface area contributed by atoms with Crippen LogP contribution >= 0.6 is 0 Å². The summed E-state index contributed by atoms with van der Waals surface area (Å²) >= 11 is 0. The number of hydrogen-bond donors (Lipinski definition) is 0. The molecule has 0 aromatic carbocycles. The van der Waals surface area contributed by atoms with Crippen LogP contribution in [0.1, 0.15) is 27.2 Å². The number of alkyl halides is 9. The molecule has 0 amide bonds. The first-order chi connectivity index (χ1) is 7.91. The quantitative estimate of drug-likeness (QED) is 0.679. The van der Waals surface area contributed by atoms with E-state index in [1.54, 1.807) is 0 Å². The third kappa shape index (κ3) is 4.73. The fourth-order valence-electron chi connectivity index (χ4n) is 1.11. The molecule has 19 heavy (non-hydrogen) atoms. The SMILES string of the molecule is CC(C)(C)C(F)(OC(F)(F)CC(F)(F)F)C(F)(F)F. The second-order valence-corrected chi connectivity index (χ2v) is 4.87. The first-order valence-electron chi connectivity index (χ1n) is 4.82. The van der Waals surface area contributed by atoms with Crippen molar-refractivity contribution in [2.24, 2.45) is 5.41 Å². The first-order valence-corrected chi connectivity index (χ1v) is 4.82. The molecule has 0 aromatic heterocycles. The fraction of sp³-hybridized carbons (Fsp3) is 1.00. The third-order valence-corrected chi connectivity index (χ3v) is 2.03. The number of rotatable bonds is 3. The predicted octanol–water partition coefficient (Wildman–Crippen LogP) is 4.82. The van der Waals surface area contributed by atoms with Crippen molar-refractivity contribution < 1.29 is 44.3 Å². The van der Waals surface area contributed by atoms with E-state index in [0.717, 1.165) is 0 Å². The zero-order valence-corrected chi connectivity index (χ0v) is 10.0. The third-order valence-electron chi connectivity index (χ3n) is 2.03. The summed E-state index contributed by atoms with van der Waals surface area (Å²) in [5, 5.41) is 0. The van der Waals surface area contributed by atoms with Crippen molar-refractivity contribution in [3.63, 3.8) is 0 Å². The Labute approximate surface area is 102 Å². The summed E-state index contributed by atoms with van der Waals surface area (Å²) in [4.78, 5) is 0. The van der Waals surface area contributed by atoms with Gasteiger partial charge in [-0.05, 0) is 0 Å². The Bertz CT molecular complexity index is 295. The molecule has 1 unspecified atom stereocenters. The molecule has 0 aliphatic carbocycles. The minimum Gasteiger partial charge on any atom is -0.274 e. The van der Waals surface area contributed by atoms with Crippen molar-refractivity contribution in [1.29, 1.82) is 0 Å². The van der Waals surface area contributed by atoms with E-state index in [4.69, 9.17) is 0 Å². The Morgan fingerprint density at radius 1 is 0.737 bits per heavy atom. The molecule has 0 fully saturated rings. The van der Waals surface area contributed by atoms with E-state index >= 15 is 0 Å². The lowest BCUT2D eigenvalue weighted by Gasteiger charge is -2.40. The van der Waals surface area contributed by atoms with Crippen LogP contribution in [0.2, 0.25) is 0 Å². The summed E-state index contributed by atoms with van der Waals surface area (Å²) in [7, 11) is 0. The van der Waals surface area contributed by atoms with Crippen molar-refractivity contribution in [2.45, 2.75) is 51.5 Å². The molecule has 0 N–H and O–H groups in total. The topological polar surface area (TPSA) is 9.23 Å². The molecule has 0 spiro atoms. The monoisotopic (exact) mass is 306 g/mol. The van der Waals surface area contributed by atoms with E-state index in [9.17, 15) is 39.5 Å². The van der Waals surface area contributed by atoms with Crippen LogP contribution in [0.5, 0.6) is 0 Å². The average Bonchev–Trinajstić information content (AvgIpc) is 1.92. The Hall–Kier alpha value is -0.670. The summed E-state index contributed by atoms with van der Waals surface area (Å²) in [5.74, 6) is -4.92. The minimum absolute atomic E-state index is 0.574. The van der Waals surface area contributed by atoms with Crippen LogP contribution < -0.4 is 0 Å². The highest BCUT2D eigenvalue weighted by Gasteiger charge is 2.68. The molecule has 10 heteroatoms. The summed E-state index contributed by atoms with van der Waals surface area (Å²) in [6.07, 6.45) is -19.8. The van der Waals surface area contributed by atoms with Gasteiger partial charge in [-0.1, -0.05) is 20.8 Å². The van der Waals surface area contributed by atoms with Crippen LogP contribution in [-0.4, -0.2) is 24.3 Å². The summed E-state index contributed by atoms with van der Waals surface area (Å²) in [6.45, 7) is 1.72. The molecule has 0 heterocycles. The number of halogens is 9. The van der Waals surface area contributed by atoms with E-state index in [-0.39, 0.29) is 0 Å². The molecule has 1 atom stereocenters. The van der Waals surface area contributed by atoms with Gasteiger partial charge < -0.3 is 0 Å². The number of ether oxygens (including phenoxy) is 1. The lowest BCUT2D eigenvalue weighted by atomic mass is 9.86. The van der Waals surface area contributed by atoms with Gasteiger partial charge in [-0.15, -0.1) is 0 Å². The van der Waals surface area contributed by atoms with Crippen molar-refractivity contribution in [2.75, 3.05) is 0 Å². The summed E-state index contributed by atoms with van der Waals surface area (Å²) < 4.78 is 115. The fourth-order valence-corrected chi connectivity index (χ4v) is 1.11. The van der Waals surface area contributed by atoms with Gasteiger partial charge in [0.25, 0.3) is 0 Å². The Morgan fingerprint density at radius 2 is 1.11 bits per heavy atom. The van der Waals surface area contributed by atoms with Crippen LogP contribution in [0, 0.1) is 5.41 Å². The second-order valence-electron chi connectivity index (χ2n) is 4.87. The molecule has 0 saturated heterocycles. The molecular formula is C9H11F9O. The molecule has 116 valence electrons. The van der Waals surface area contributed by atoms with Crippen molar-refractivity contribution in [1.82, 2.24) is 0 Å². The highest BCUT2D eigenvalue weighted by molar-refractivity contribution is 4.91. The van der Waals surface area contributed by atoms with Crippen molar-refractivity contribution in [3.05, 3.63) is 0 Å². The molecule has 0 aliphatic rings. The zero-order chi connectivity index (χ0) is 15.9. The average molecular weight is 306 g/mol. The lowest BCUT2D eigenvalue weighted by molar-refractivity contribution is -0.446. The van der Waals surface area contributed by atoms with Crippen LogP contribution in [-0.2, 0) is 4.74 Å². The highest BCUT2D eigenvalue weighted by atomic mass is 19.4. The van der Waals surface area contributed by atoms with E-state index in [2.05, 4.69) is 4.74 Å². The molecule has 0 aliphatic heterocycles. The Morgan fingerprint density at radius 3 is 1.32 bits per heavy atom. The van der Waals surface area contributed by atoms with Crippen molar-refractivity contribution >= 4 is 0 Å². The highest BCUT2D eigenvalue weighted by Crippen LogP contribution is 2.51. The summed E-state index contributed by atoms with van der Waals surface area (Å²) in [5.41, 5.74) is -2.54. The van der Waals surface area contributed by atoms with Gasteiger partial charge in [-0.3, -0.25) is 4.74 Å². The van der Waals surface area contributed by atoms with Gasteiger partial charge in [0.1, 0.15) is 6.42 Å². The summed E-state index contributed by atoms with van der Waals surface area (Å²) in [6, 6.07) is 0. The van der Waals surface area contributed by atoms with Gasteiger partial charge in [-0.2, -0.15) is 35.1 Å².